The minimum Gasteiger partial charge on any atom is -0.504 e. The molecule has 0 aromatic heterocycles. The summed E-state index contributed by atoms with van der Waals surface area (Å²) in [5.74, 6) is 1.16. The van der Waals surface area contributed by atoms with Crippen LogP contribution in [0.3, 0.4) is 0 Å². The van der Waals surface area contributed by atoms with E-state index in [1.807, 2.05) is 0 Å². The Balaban J connectivity index is 1.55. The first-order valence-electron chi connectivity index (χ1n) is 13.2. The minimum atomic E-state index is -0.453. The van der Waals surface area contributed by atoms with Crippen LogP contribution in [0.1, 0.15) is 73.1 Å². The van der Waals surface area contributed by atoms with Gasteiger partial charge in [0.15, 0.2) is 23.0 Å². The standard InChI is InChI=1S/C32H38N2O6/c1-31(2)13-14-32(3,4)28-22(9-8-10-23(28)31)19-40-29-26(38-6)15-20(16-27(29)39-7)18-33-34-30(36)21-11-12-24(35)25(17-21)37-5/h8-12,15-18,35H,13-14,19H2,1-7H3,(H,34,36)/b33-18+. The molecule has 0 spiro atoms. The maximum atomic E-state index is 12.5. The second-order valence-electron chi connectivity index (χ2n) is 11.2. The lowest BCUT2D eigenvalue weighted by atomic mass is 9.62. The summed E-state index contributed by atoms with van der Waals surface area (Å²) in [6.07, 6.45) is 3.75. The molecule has 0 fully saturated rings. The second kappa shape index (κ2) is 11.5. The van der Waals surface area contributed by atoms with E-state index in [9.17, 15) is 9.90 Å². The molecule has 0 unspecified atom stereocenters. The number of hydrogen-bond donors (Lipinski definition) is 2. The van der Waals surface area contributed by atoms with Gasteiger partial charge in [0, 0.05) is 11.1 Å². The molecule has 4 rings (SSSR count). The Labute approximate surface area is 235 Å². The first-order valence-corrected chi connectivity index (χ1v) is 13.2. The topological polar surface area (TPSA) is 98.6 Å². The fourth-order valence-corrected chi connectivity index (χ4v) is 5.28. The van der Waals surface area contributed by atoms with Crippen molar-refractivity contribution in [3.63, 3.8) is 0 Å². The van der Waals surface area contributed by atoms with Crippen molar-refractivity contribution in [2.24, 2.45) is 5.10 Å². The van der Waals surface area contributed by atoms with Crippen LogP contribution in [-0.4, -0.2) is 38.6 Å². The Hall–Kier alpha value is -4.20. The number of phenolic OH excluding ortho intramolecular Hbond substituents is 1. The highest BCUT2D eigenvalue weighted by atomic mass is 16.5. The minimum absolute atomic E-state index is 0.0506. The zero-order valence-corrected chi connectivity index (χ0v) is 24.3. The van der Waals surface area contributed by atoms with Crippen LogP contribution in [0.2, 0.25) is 0 Å². The van der Waals surface area contributed by atoms with Crippen molar-refractivity contribution < 1.29 is 28.8 Å². The fourth-order valence-electron chi connectivity index (χ4n) is 5.28. The van der Waals surface area contributed by atoms with Gasteiger partial charge >= 0.3 is 0 Å². The molecule has 212 valence electrons. The van der Waals surface area contributed by atoms with Gasteiger partial charge in [-0.25, -0.2) is 5.43 Å². The van der Waals surface area contributed by atoms with E-state index < -0.39 is 5.91 Å². The van der Waals surface area contributed by atoms with Gasteiger partial charge in [-0.05, 0) is 70.7 Å². The molecule has 0 radical (unpaired) electrons. The Morgan fingerprint density at radius 2 is 1.57 bits per heavy atom. The largest absolute Gasteiger partial charge is 0.504 e. The van der Waals surface area contributed by atoms with Gasteiger partial charge in [-0.1, -0.05) is 45.9 Å². The van der Waals surface area contributed by atoms with Crippen molar-refractivity contribution in [3.8, 4) is 28.7 Å². The van der Waals surface area contributed by atoms with Crippen LogP contribution in [0.4, 0.5) is 0 Å². The van der Waals surface area contributed by atoms with E-state index in [0.717, 1.165) is 18.4 Å². The third-order valence-corrected chi connectivity index (χ3v) is 7.61. The number of fused-ring (bicyclic) bond motifs is 1. The van der Waals surface area contributed by atoms with Crippen LogP contribution in [0.15, 0.2) is 53.6 Å². The molecule has 1 aliphatic carbocycles. The second-order valence-corrected chi connectivity index (χ2v) is 11.2. The SMILES string of the molecule is COc1cc(C(=O)N/N=C/c2cc(OC)c(OCc3cccc4c3C(C)(C)CCC4(C)C)c(OC)c2)ccc1O. The van der Waals surface area contributed by atoms with Gasteiger partial charge in [0.2, 0.25) is 5.75 Å². The molecule has 0 bridgehead atoms. The highest BCUT2D eigenvalue weighted by molar-refractivity contribution is 5.95. The van der Waals surface area contributed by atoms with E-state index in [-0.39, 0.29) is 22.3 Å². The number of amides is 1. The molecule has 0 saturated heterocycles. The average Bonchev–Trinajstić information content (AvgIpc) is 2.94. The maximum absolute atomic E-state index is 12.5. The first-order chi connectivity index (χ1) is 19.0. The quantitative estimate of drug-likeness (QED) is 0.248. The highest BCUT2D eigenvalue weighted by Crippen LogP contribution is 2.47. The molecule has 2 N–H and O–H groups in total. The molecule has 8 heteroatoms. The van der Waals surface area contributed by atoms with Crippen LogP contribution in [0.25, 0.3) is 0 Å². The van der Waals surface area contributed by atoms with E-state index in [1.165, 1.54) is 42.7 Å². The average molecular weight is 547 g/mol. The number of benzene rings is 3. The van der Waals surface area contributed by atoms with E-state index in [4.69, 9.17) is 18.9 Å². The van der Waals surface area contributed by atoms with Crippen molar-refractivity contribution in [2.75, 3.05) is 21.3 Å². The van der Waals surface area contributed by atoms with Crippen molar-refractivity contribution in [1.29, 1.82) is 0 Å². The molecule has 0 saturated carbocycles. The number of aromatic hydroxyl groups is 1. The van der Waals surface area contributed by atoms with Crippen LogP contribution < -0.4 is 24.4 Å². The third kappa shape index (κ3) is 5.86. The lowest BCUT2D eigenvalue weighted by Crippen LogP contribution is -2.35. The normalized spacial score (nSPS) is 15.3. The summed E-state index contributed by atoms with van der Waals surface area (Å²) in [7, 11) is 4.55. The molecule has 40 heavy (non-hydrogen) atoms. The van der Waals surface area contributed by atoms with E-state index in [2.05, 4.69) is 56.4 Å². The Bertz CT molecular complexity index is 1400. The number of phenols is 1. The predicted molar refractivity (Wildman–Crippen MR) is 155 cm³/mol. The summed E-state index contributed by atoms with van der Waals surface area (Å²) in [4.78, 5) is 12.5. The van der Waals surface area contributed by atoms with Gasteiger partial charge in [0.25, 0.3) is 5.91 Å². The molecular weight excluding hydrogens is 508 g/mol. The number of hydrogen-bond acceptors (Lipinski definition) is 7. The van der Waals surface area contributed by atoms with Crippen molar-refractivity contribution >= 4 is 12.1 Å². The molecule has 0 atom stereocenters. The van der Waals surface area contributed by atoms with Gasteiger partial charge in [-0.2, -0.15) is 5.10 Å². The number of nitrogens with zero attached hydrogens (tertiary/aromatic N) is 1. The number of carbonyl (C=O) groups is 1. The number of nitrogens with one attached hydrogen (secondary N) is 1. The molecule has 8 nitrogen and oxygen atoms in total. The molecule has 3 aromatic rings. The van der Waals surface area contributed by atoms with Crippen LogP contribution >= 0.6 is 0 Å². The van der Waals surface area contributed by atoms with Crippen molar-refractivity contribution in [3.05, 3.63) is 76.3 Å². The van der Waals surface area contributed by atoms with Crippen LogP contribution in [-0.2, 0) is 17.4 Å². The fraction of sp³-hybridized carbons (Fsp3) is 0.375. The smallest absolute Gasteiger partial charge is 0.271 e. The number of rotatable bonds is 9. The Morgan fingerprint density at radius 3 is 2.23 bits per heavy atom. The van der Waals surface area contributed by atoms with E-state index in [1.54, 1.807) is 26.4 Å². The van der Waals surface area contributed by atoms with E-state index >= 15 is 0 Å². The molecule has 0 aliphatic heterocycles. The van der Waals surface area contributed by atoms with Crippen LogP contribution in [0, 0.1) is 0 Å². The summed E-state index contributed by atoms with van der Waals surface area (Å²) in [6, 6.07) is 14.3. The summed E-state index contributed by atoms with van der Waals surface area (Å²) in [5.41, 5.74) is 7.46. The summed E-state index contributed by atoms with van der Waals surface area (Å²) in [6.45, 7) is 9.59. The van der Waals surface area contributed by atoms with Crippen molar-refractivity contribution in [2.45, 2.75) is 58.0 Å². The lowest BCUT2D eigenvalue weighted by molar-refractivity contribution is 0.0954. The predicted octanol–water partition coefficient (Wildman–Crippen LogP) is 6.11. The first kappa shape index (κ1) is 28.8. The lowest BCUT2D eigenvalue weighted by Gasteiger charge is -2.43. The Morgan fingerprint density at radius 1 is 0.925 bits per heavy atom. The molecule has 1 amide bonds. The third-order valence-electron chi connectivity index (χ3n) is 7.61. The summed E-state index contributed by atoms with van der Waals surface area (Å²) in [5, 5.41) is 13.8. The number of methoxy groups -OCH3 is 3. The van der Waals surface area contributed by atoms with Gasteiger partial charge in [0.05, 0.1) is 27.5 Å². The maximum Gasteiger partial charge on any atom is 0.271 e. The molecule has 3 aromatic carbocycles. The number of hydrazone groups is 1. The van der Waals surface area contributed by atoms with Gasteiger partial charge in [0.1, 0.15) is 6.61 Å². The molecule has 1 aliphatic rings. The number of carbonyl (C=O) groups excluding carboxylic acids is 1. The van der Waals surface area contributed by atoms with Gasteiger partial charge in [-0.3, -0.25) is 4.79 Å². The zero-order valence-electron chi connectivity index (χ0n) is 24.3. The van der Waals surface area contributed by atoms with Crippen molar-refractivity contribution in [1.82, 2.24) is 5.43 Å². The number of ether oxygens (including phenoxy) is 4. The summed E-state index contributed by atoms with van der Waals surface area (Å²) >= 11 is 0. The Kier molecular flexibility index (Phi) is 8.28. The van der Waals surface area contributed by atoms with E-state index in [0.29, 0.717) is 35.0 Å². The molecule has 0 heterocycles. The zero-order chi connectivity index (χ0) is 29.1. The monoisotopic (exact) mass is 546 g/mol. The van der Waals surface area contributed by atoms with Crippen LogP contribution in [0.5, 0.6) is 28.7 Å². The van der Waals surface area contributed by atoms with Gasteiger partial charge < -0.3 is 24.1 Å². The molecular formula is C32H38N2O6. The highest BCUT2D eigenvalue weighted by Gasteiger charge is 2.38. The van der Waals surface area contributed by atoms with Gasteiger partial charge in [-0.15, -0.1) is 0 Å². The summed E-state index contributed by atoms with van der Waals surface area (Å²) < 4.78 is 22.7.